The number of carbonyl (C=O) groups excluding carboxylic acids is 1. The van der Waals surface area contributed by atoms with E-state index in [2.05, 4.69) is 10.2 Å². The van der Waals surface area contributed by atoms with E-state index in [0.717, 1.165) is 5.56 Å². The number of nitrogens with two attached hydrogens (primary N) is 1. The number of nitriles is 1. The topological polar surface area (TPSA) is 98.8 Å². The summed E-state index contributed by atoms with van der Waals surface area (Å²) in [5, 5.41) is 15.0. The number of nitrogens with zero attached hydrogens (tertiary/aromatic N) is 3. The normalized spacial score (nSPS) is 9.89. The van der Waals surface area contributed by atoms with Gasteiger partial charge in [0.2, 0.25) is 0 Å². The van der Waals surface area contributed by atoms with E-state index in [-0.39, 0.29) is 11.6 Å². The van der Waals surface area contributed by atoms with Gasteiger partial charge in [-0.25, -0.2) is 0 Å². The van der Waals surface area contributed by atoms with Crippen molar-refractivity contribution in [3.8, 4) is 6.07 Å². The van der Waals surface area contributed by atoms with Crippen molar-refractivity contribution in [2.24, 2.45) is 0 Å². The minimum atomic E-state index is -0.223. The van der Waals surface area contributed by atoms with E-state index in [1.165, 1.54) is 11.1 Å². The molecule has 0 unspecified atom stereocenters. The number of rotatable bonds is 3. The quantitative estimate of drug-likeness (QED) is 0.858. The van der Waals surface area contributed by atoms with Crippen molar-refractivity contribution in [3.63, 3.8) is 0 Å². The van der Waals surface area contributed by atoms with Crippen molar-refractivity contribution in [3.05, 3.63) is 47.3 Å². The van der Waals surface area contributed by atoms with E-state index in [1.807, 2.05) is 18.2 Å². The van der Waals surface area contributed by atoms with Crippen LogP contribution in [0, 0.1) is 11.3 Å². The molecule has 0 radical (unpaired) electrons. The molecule has 96 valence electrons. The maximum Gasteiger partial charge on any atom is 0.274 e. The van der Waals surface area contributed by atoms with Gasteiger partial charge in [-0.2, -0.15) is 10.4 Å². The molecule has 0 aliphatic rings. The highest BCUT2D eigenvalue weighted by Gasteiger charge is 2.16. The predicted molar refractivity (Wildman–Crippen MR) is 70.0 cm³/mol. The highest BCUT2D eigenvalue weighted by Crippen LogP contribution is 2.12. The van der Waals surface area contributed by atoms with Gasteiger partial charge < -0.3 is 10.6 Å². The summed E-state index contributed by atoms with van der Waals surface area (Å²) in [7, 11) is 1.68. The number of hydrogen-bond acceptors (Lipinski definition) is 4. The lowest BCUT2D eigenvalue weighted by Crippen LogP contribution is -2.27. The van der Waals surface area contributed by atoms with Crippen LogP contribution < -0.4 is 5.73 Å². The van der Waals surface area contributed by atoms with Crippen LogP contribution in [-0.4, -0.2) is 28.1 Å². The van der Waals surface area contributed by atoms with Gasteiger partial charge in [0.1, 0.15) is 5.69 Å². The number of anilines is 1. The number of nitrogens with one attached hydrogen (secondary N) is 1. The second-order valence-corrected chi connectivity index (χ2v) is 4.17. The molecule has 2 rings (SSSR count). The number of benzene rings is 1. The standard InChI is InChI=1S/C13H13N5O/c1-18(13(19)12-11(15)7-16-17-12)8-10-4-2-9(6-14)3-5-10/h2-5,7H,8,15H2,1H3,(H,16,17). The number of aromatic nitrogens is 2. The van der Waals surface area contributed by atoms with Gasteiger partial charge in [0.05, 0.1) is 23.5 Å². The lowest BCUT2D eigenvalue weighted by atomic mass is 10.1. The zero-order chi connectivity index (χ0) is 13.8. The molecule has 19 heavy (non-hydrogen) atoms. The average molecular weight is 255 g/mol. The fourth-order valence-corrected chi connectivity index (χ4v) is 1.69. The summed E-state index contributed by atoms with van der Waals surface area (Å²) in [5.41, 5.74) is 7.78. The highest BCUT2D eigenvalue weighted by molar-refractivity contribution is 5.96. The Bertz CT molecular complexity index is 623. The Morgan fingerprint density at radius 1 is 1.47 bits per heavy atom. The third kappa shape index (κ3) is 2.72. The maximum atomic E-state index is 12.1. The molecule has 0 spiro atoms. The fourth-order valence-electron chi connectivity index (χ4n) is 1.69. The van der Waals surface area contributed by atoms with Crippen LogP contribution in [0.2, 0.25) is 0 Å². The summed E-state index contributed by atoms with van der Waals surface area (Å²) in [5.74, 6) is -0.223. The molecule has 1 aromatic heterocycles. The number of hydrogen-bond donors (Lipinski definition) is 2. The van der Waals surface area contributed by atoms with E-state index < -0.39 is 0 Å². The summed E-state index contributed by atoms with van der Waals surface area (Å²) in [6.07, 6.45) is 1.41. The van der Waals surface area contributed by atoms with Crippen LogP contribution >= 0.6 is 0 Å². The van der Waals surface area contributed by atoms with E-state index in [0.29, 0.717) is 17.8 Å². The molecule has 6 nitrogen and oxygen atoms in total. The molecule has 0 aliphatic heterocycles. The fraction of sp³-hybridized carbons (Fsp3) is 0.154. The van der Waals surface area contributed by atoms with E-state index in [1.54, 1.807) is 19.2 Å². The number of nitrogen functional groups attached to an aromatic ring is 1. The Morgan fingerprint density at radius 3 is 2.68 bits per heavy atom. The van der Waals surface area contributed by atoms with Crippen LogP contribution in [0.25, 0.3) is 0 Å². The molecular formula is C13H13N5O. The highest BCUT2D eigenvalue weighted by atomic mass is 16.2. The molecule has 0 atom stereocenters. The predicted octanol–water partition coefficient (Wildman–Crippen LogP) is 1.14. The van der Waals surface area contributed by atoms with Gasteiger partial charge in [-0.15, -0.1) is 0 Å². The molecule has 2 aromatic rings. The molecule has 1 heterocycles. The Kier molecular flexibility index (Phi) is 3.48. The molecule has 1 aromatic carbocycles. The molecule has 0 saturated carbocycles. The first-order valence-electron chi connectivity index (χ1n) is 5.65. The molecule has 3 N–H and O–H groups in total. The van der Waals surface area contributed by atoms with Gasteiger partial charge in [-0.1, -0.05) is 12.1 Å². The third-order valence-corrected chi connectivity index (χ3v) is 2.73. The van der Waals surface area contributed by atoms with E-state index in [9.17, 15) is 4.79 Å². The van der Waals surface area contributed by atoms with Crippen molar-refractivity contribution in [1.29, 1.82) is 5.26 Å². The van der Waals surface area contributed by atoms with E-state index in [4.69, 9.17) is 11.0 Å². The van der Waals surface area contributed by atoms with Gasteiger partial charge in [0.15, 0.2) is 0 Å². The first-order chi connectivity index (χ1) is 9.11. The Balaban J connectivity index is 2.08. The average Bonchev–Trinajstić information content (AvgIpc) is 2.85. The van der Waals surface area contributed by atoms with Crippen LogP contribution in [0.5, 0.6) is 0 Å². The van der Waals surface area contributed by atoms with Crippen molar-refractivity contribution in [2.45, 2.75) is 6.54 Å². The van der Waals surface area contributed by atoms with Crippen molar-refractivity contribution in [2.75, 3.05) is 12.8 Å². The van der Waals surface area contributed by atoms with Gasteiger partial charge >= 0.3 is 0 Å². The van der Waals surface area contributed by atoms with Crippen LogP contribution in [0.1, 0.15) is 21.6 Å². The monoisotopic (exact) mass is 255 g/mol. The van der Waals surface area contributed by atoms with Crippen molar-refractivity contribution >= 4 is 11.6 Å². The molecule has 1 amide bonds. The molecule has 6 heteroatoms. The van der Waals surface area contributed by atoms with Crippen LogP contribution in [0.3, 0.4) is 0 Å². The molecular weight excluding hydrogens is 242 g/mol. The van der Waals surface area contributed by atoms with Crippen LogP contribution in [0.4, 0.5) is 5.69 Å². The van der Waals surface area contributed by atoms with Crippen LogP contribution in [-0.2, 0) is 6.54 Å². The van der Waals surface area contributed by atoms with E-state index >= 15 is 0 Å². The molecule has 0 saturated heterocycles. The Morgan fingerprint density at radius 2 is 2.16 bits per heavy atom. The lowest BCUT2D eigenvalue weighted by Gasteiger charge is -2.16. The smallest absolute Gasteiger partial charge is 0.274 e. The van der Waals surface area contributed by atoms with Crippen molar-refractivity contribution < 1.29 is 4.79 Å². The molecule has 0 aliphatic carbocycles. The number of carbonyl (C=O) groups is 1. The summed E-state index contributed by atoms with van der Waals surface area (Å²) >= 11 is 0. The summed E-state index contributed by atoms with van der Waals surface area (Å²) < 4.78 is 0. The zero-order valence-corrected chi connectivity index (χ0v) is 10.4. The minimum Gasteiger partial charge on any atom is -0.396 e. The summed E-state index contributed by atoms with van der Waals surface area (Å²) in [6, 6.07) is 9.13. The SMILES string of the molecule is CN(Cc1ccc(C#N)cc1)C(=O)c1[nH]ncc1N. The molecule has 0 bridgehead atoms. The second-order valence-electron chi connectivity index (χ2n) is 4.17. The van der Waals surface area contributed by atoms with Gasteiger partial charge in [0.25, 0.3) is 5.91 Å². The zero-order valence-electron chi connectivity index (χ0n) is 10.4. The van der Waals surface area contributed by atoms with Gasteiger partial charge in [-0.3, -0.25) is 9.89 Å². The minimum absolute atomic E-state index is 0.223. The first-order valence-corrected chi connectivity index (χ1v) is 5.65. The second kappa shape index (κ2) is 5.23. The Labute approximate surface area is 110 Å². The summed E-state index contributed by atoms with van der Waals surface area (Å²) in [6.45, 7) is 0.434. The maximum absolute atomic E-state index is 12.1. The van der Waals surface area contributed by atoms with Gasteiger partial charge in [0, 0.05) is 13.6 Å². The largest absolute Gasteiger partial charge is 0.396 e. The number of aromatic amines is 1. The summed E-state index contributed by atoms with van der Waals surface area (Å²) in [4.78, 5) is 13.6. The first kappa shape index (κ1) is 12.6. The van der Waals surface area contributed by atoms with Crippen LogP contribution in [0.15, 0.2) is 30.5 Å². The molecule has 0 fully saturated rings. The third-order valence-electron chi connectivity index (χ3n) is 2.73. The number of H-pyrrole nitrogens is 1. The Hall–Kier alpha value is -2.81. The van der Waals surface area contributed by atoms with Gasteiger partial charge in [-0.05, 0) is 17.7 Å². The van der Waals surface area contributed by atoms with Crippen molar-refractivity contribution in [1.82, 2.24) is 15.1 Å². The lowest BCUT2D eigenvalue weighted by molar-refractivity contribution is 0.0780. The number of amides is 1.